The van der Waals surface area contributed by atoms with Crippen LogP contribution in [0, 0.1) is 11.8 Å². The molecule has 0 fully saturated rings. The summed E-state index contributed by atoms with van der Waals surface area (Å²) in [6.45, 7) is 6.70. The van der Waals surface area contributed by atoms with E-state index >= 15 is 0 Å². The second-order valence-electron chi connectivity index (χ2n) is 7.39. The predicted molar refractivity (Wildman–Crippen MR) is 112 cm³/mol. The first-order valence-electron chi connectivity index (χ1n) is 9.57. The van der Waals surface area contributed by atoms with Crippen LogP contribution in [0.5, 0.6) is 0 Å². The van der Waals surface area contributed by atoms with Crippen molar-refractivity contribution in [3.63, 3.8) is 0 Å². The number of thiol groups is 1. The number of carbonyl (C=O) groups is 5. The SMILES string of the molecule is CCC(C)C(NC(=O)C(CC(=O)O)NC(=O)C(N)CS)C(=O)NC(C(=O)O)C(C)C. The molecule has 30 heavy (non-hydrogen) atoms. The largest absolute Gasteiger partial charge is 0.481 e. The lowest BCUT2D eigenvalue weighted by molar-refractivity contribution is -0.144. The Morgan fingerprint density at radius 2 is 1.43 bits per heavy atom. The van der Waals surface area contributed by atoms with Gasteiger partial charge in [0.15, 0.2) is 0 Å². The van der Waals surface area contributed by atoms with Crippen LogP contribution in [0.3, 0.4) is 0 Å². The summed E-state index contributed by atoms with van der Waals surface area (Å²) in [7, 11) is 0. The molecule has 0 spiro atoms. The first kappa shape index (κ1) is 27.7. The average Bonchev–Trinajstić information content (AvgIpc) is 2.66. The zero-order valence-electron chi connectivity index (χ0n) is 17.5. The van der Waals surface area contributed by atoms with Gasteiger partial charge in [0.25, 0.3) is 0 Å². The van der Waals surface area contributed by atoms with Crippen molar-refractivity contribution in [2.45, 2.75) is 64.7 Å². The maximum absolute atomic E-state index is 12.7. The smallest absolute Gasteiger partial charge is 0.326 e. The second kappa shape index (κ2) is 13.1. The van der Waals surface area contributed by atoms with Crippen LogP contribution in [0.1, 0.15) is 40.5 Å². The minimum Gasteiger partial charge on any atom is -0.481 e. The Morgan fingerprint density at radius 3 is 1.83 bits per heavy atom. The molecule has 5 atom stereocenters. The van der Waals surface area contributed by atoms with Gasteiger partial charge in [-0.2, -0.15) is 12.6 Å². The van der Waals surface area contributed by atoms with Crippen molar-refractivity contribution in [3.8, 4) is 0 Å². The van der Waals surface area contributed by atoms with Crippen LogP contribution in [-0.4, -0.2) is 69.8 Å². The Hall–Kier alpha value is -2.34. The molecule has 0 aliphatic heterocycles. The van der Waals surface area contributed by atoms with E-state index in [0.717, 1.165) is 0 Å². The molecule has 0 aromatic heterocycles. The first-order valence-corrected chi connectivity index (χ1v) is 10.2. The number of hydrogen-bond donors (Lipinski definition) is 7. The van der Waals surface area contributed by atoms with Crippen LogP contribution in [0.25, 0.3) is 0 Å². The Morgan fingerprint density at radius 1 is 0.900 bits per heavy atom. The van der Waals surface area contributed by atoms with E-state index in [4.69, 9.17) is 10.8 Å². The van der Waals surface area contributed by atoms with Gasteiger partial charge in [0, 0.05) is 5.75 Å². The van der Waals surface area contributed by atoms with Crippen molar-refractivity contribution < 1.29 is 34.2 Å². The summed E-state index contributed by atoms with van der Waals surface area (Å²) in [5, 5.41) is 25.4. The molecule has 0 rings (SSSR count). The Bertz CT molecular complexity index is 644. The van der Waals surface area contributed by atoms with Crippen molar-refractivity contribution >= 4 is 42.3 Å². The quantitative estimate of drug-likeness (QED) is 0.174. The number of carboxylic acid groups (broad SMARTS) is 2. The lowest BCUT2D eigenvalue weighted by Gasteiger charge is -2.28. The van der Waals surface area contributed by atoms with Gasteiger partial charge >= 0.3 is 11.9 Å². The van der Waals surface area contributed by atoms with E-state index in [9.17, 15) is 29.1 Å². The minimum absolute atomic E-state index is 0.0169. The van der Waals surface area contributed by atoms with E-state index in [0.29, 0.717) is 6.42 Å². The molecule has 172 valence electrons. The Labute approximate surface area is 180 Å². The predicted octanol–water partition coefficient (Wildman–Crippen LogP) is -1.04. The van der Waals surface area contributed by atoms with Gasteiger partial charge in [-0.05, 0) is 11.8 Å². The second-order valence-corrected chi connectivity index (χ2v) is 7.75. The van der Waals surface area contributed by atoms with Crippen molar-refractivity contribution in [1.82, 2.24) is 16.0 Å². The number of rotatable bonds is 13. The van der Waals surface area contributed by atoms with Gasteiger partial charge in [-0.1, -0.05) is 34.1 Å². The summed E-state index contributed by atoms with van der Waals surface area (Å²) < 4.78 is 0. The van der Waals surface area contributed by atoms with Gasteiger partial charge in [-0.3, -0.25) is 19.2 Å². The molecule has 11 nitrogen and oxygen atoms in total. The standard InChI is InChI=1S/C18H32N4O7S/c1-5-9(4)14(17(27)21-13(8(2)3)18(28)29)22-16(26)11(6-12(23)24)20-15(25)10(19)7-30/h8-11,13-14,30H,5-7,19H2,1-4H3,(H,20,25)(H,21,27)(H,22,26)(H,23,24)(H,28,29). The molecule has 0 heterocycles. The van der Waals surface area contributed by atoms with E-state index in [1.54, 1.807) is 27.7 Å². The third kappa shape index (κ3) is 8.99. The lowest BCUT2D eigenvalue weighted by atomic mass is 9.96. The first-order chi connectivity index (χ1) is 13.8. The maximum atomic E-state index is 12.7. The Kier molecular flexibility index (Phi) is 12.0. The van der Waals surface area contributed by atoms with Crippen molar-refractivity contribution in [2.24, 2.45) is 17.6 Å². The van der Waals surface area contributed by atoms with Crippen molar-refractivity contribution in [1.29, 1.82) is 0 Å². The van der Waals surface area contributed by atoms with E-state index in [1.165, 1.54) is 0 Å². The fourth-order valence-corrected chi connectivity index (χ4v) is 2.62. The molecule has 0 bridgehead atoms. The third-order valence-corrected chi connectivity index (χ3v) is 4.96. The number of amides is 3. The summed E-state index contributed by atoms with van der Waals surface area (Å²) in [4.78, 5) is 59.8. The van der Waals surface area contributed by atoms with Gasteiger partial charge in [-0.15, -0.1) is 0 Å². The number of hydrogen-bond acceptors (Lipinski definition) is 7. The molecule has 0 aromatic carbocycles. The number of aliphatic carboxylic acids is 2. The third-order valence-electron chi connectivity index (χ3n) is 4.57. The molecule has 5 unspecified atom stereocenters. The molecule has 12 heteroatoms. The highest BCUT2D eigenvalue weighted by Gasteiger charge is 2.34. The van der Waals surface area contributed by atoms with Crippen molar-refractivity contribution in [3.05, 3.63) is 0 Å². The zero-order valence-corrected chi connectivity index (χ0v) is 18.4. The van der Waals surface area contributed by atoms with Crippen molar-refractivity contribution in [2.75, 3.05) is 5.75 Å². The summed E-state index contributed by atoms with van der Waals surface area (Å²) >= 11 is 3.88. The molecular weight excluding hydrogens is 416 g/mol. The van der Waals surface area contributed by atoms with Gasteiger partial charge in [0.05, 0.1) is 12.5 Å². The van der Waals surface area contributed by atoms with Crippen LogP contribution in [0.15, 0.2) is 0 Å². The fraction of sp³-hybridized carbons (Fsp3) is 0.722. The van der Waals surface area contributed by atoms with Gasteiger partial charge in [0.2, 0.25) is 17.7 Å². The van der Waals surface area contributed by atoms with Gasteiger partial charge in [-0.25, -0.2) is 4.79 Å². The van der Waals surface area contributed by atoms with E-state index in [1.807, 2.05) is 0 Å². The molecule has 7 N–H and O–H groups in total. The highest BCUT2D eigenvalue weighted by molar-refractivity contribution is 7.80. The molecule has 0 aliphatic carbocycles. The zero-order chi connectivity index (χ0) is 23.6. The fourth-order valence-electron chi connectivity index (χ4n) is 2.46. The molecule has 0 saturated heterocycles. The number of carbonyl (C=O) groups excluding carboxylic acids is 3. The number of carboxylic acids is 2. The van der Waals surface area contributed by atoms with Crippen LogP contribution >= 0.6 is 12.6 Å². The highest BCUT2D eigenvalue weighted by atomic mass is 32.1. The van der Waals surface area contributed by atoms with Crippen LogP contribution in [0.4, 0.5) is 0 Å². The van der Waals surface area contributed by atoms with E-state index < -0.39 is 72.1 Å². The van der Waals surface area contributed by atoms with Crippen LogP contribution in [0.2, 0.25) is 0 Å². The van der Waals surface area contributed by atoms with E-state index in [-0.39, 0.29) is 5.75 Å². The maximum Gasteiger partial charge on any atom is 0.326 e. The lowest BCUT2D eigenvalue weighted by Crippen LogP contribution is -2.59. The molecule has 0 aliphatic rings. The average molecular weight is 449 g/mol. The van der Waals surface area contributed by atoms with Crippen LogP contribution in [-0.2, 0) is 24.0 Å². The van der Waals surface area contributed by atoms with Gasteiger partial charge in [0.1, 0.15) is 18.1 Å². The van der Waals surface area contributed by atoms with Crippen LogP contribution < -0.4 is 21.7 Å². The summed E-state index contributed by atoms with van der Waals surface area (Å²) in [6.07, 6.45) is -0.256. The summed E-state index contributed by atoms with van der Waals surface area (Å²) in [5.74, 6) is -5.74. The Balaban J connectivity index is 5.54. The topological polar surface area (TPSA) is 188 Å². The highest BCUT2D eigenvalue weighted by Crippen LogP contribution is 2.11. The van der Waals surface area contributed by atoms with Gasteiger partial charge < -0.3 is 31.9 Å². The molecule has 3 amide bonds. The summed E-state index contributed by atoms with van der Waals surface area (Å²) in [6, 6.07) is -4.81. The molecule has 0 saturated carbocycles. The van der Waals surface area contributed by atoms with E-state index in [2.05, 4.69) is 28.6 Å². The number of nitrogens with two attached hydrogens (primary N) is 1. The molecule has 0 radical (unpaired) electrons. The molecule has 0 aromatic rings. The summed E-state index contributed by atoms with van der Waals surface area (Å²) in [5.41, 5.74) is 5.54. The monoisotopic (exact) mass is 448 g/mol. The normalized spacial score (nSPS) is 16.0. The molecular formula is C18H32N4O7S. The minimum atomic E-state index is -1.47. The number of nitrogens with one attached hydrogen (secondary N) is 3.